The first-order valence-corrected chi connectivity index (χ1v) is 10.9. The van der Waals surface area contributed by atoms with E-state index in [0.717, 1.165) is 49.7 Å². The molecule has 0 aromatic heterocycles. The Balaban J connectivity index is 1.39. The highest BCUT2D eigenvalue weighted by Gasteiger charge is 2.44. The molecule has 10 nitrogen and oxygen atoms in total. The highest BCUT2D eigenvalue weighted by molar-refractivity contribution is 6.23. The Morgan fingerprint density at radius 1 is 1.00 bits per heavy atom. The van der Waals surface area contributed by atoms with Gasteiger partial charge in [0.05, 0.1) is 11.1 Å². The Kier molecular flexibility index (Phi) is 6.22. The highest BCUT2D eigenvalue weighted by Crippen LogP contribution is 2.31. The molecule has 0 bridgehead atoms. The number of hydrogen-bond acceptors (Lipinski definition) is 7. The normalized spacial score (nSPS) is 21.7. The van der Waals surface area contributed by atoms with Gasteiger partial charge in [-0.1, -0.05) is 0 Å². The standard InChI is InChI=1S/C22H26N4O6/c27-18-7-6-17(20(30)23-18)26-21(31)15-5-4-14(13-16(15)22(26)32)25-11-9-24(10-12-25)8-2-1-3-19(28)29/h4-5,13,17H,1-3,6-12H2,(H,28,29)(H,23,27,30). The van der Waals surface area contributed by atoms with Crippen LogP contribution < -0.4 is 10.2 Å². The molecule has 4 rings (SSSR count). The summed E-state index contributed by atoms with van der Waals surface area (Å²) in [5.74, 6) is -2.78. The quantitative estimate of drug-likeness (QED) is 0.461. The Morgan fingerprint density at radius 2 is 1.72 bits per heavy atom. The summed E-state index contributed by atoms with van der Waals surface area (Å²) in [7, 11) is 0. The number of piperazine rings is 1. The number of carboxylic acid groups (broad SMARTS) is 1. The van der Waals surface area contributed by atoms with E-state index in [-0.39, 0.29) is 30.4 Å². The molecule has 3 heterocycles. The van der Waals surface area contributed by atoms with Crippen molar-refractivity contribution in [2.24, 2.45) is 0 Å². The van der Waals surface area contributed by atoms with E-state index in [4.69, 9.17) is 5.11 Å². The van der Waals surface area contributed by atoms with Crippen molar-refractivity contribution in [1.29, 1.82) is 0 Å². The van der Waals surface area contributed by atoms with Crippen molar-refractivity contribution >= 4 is 35.3 Å². The van der Waals surface area contributed by atoms with Crippen LogP contribution in [0.1, 0.15) is 52.8 Å². The van der Waals surface area contributed by atoms with E-state index in [0.29, 0.717) is 6.42 Å². The first-order valence-electron chi connectivity index (χ1n) is 10.9. The summed E-state index contributed by atoms with van der Waals surface area (Å²) >= 11 is 0. The zero-order valence-corrected chi connectivity index (χ0v) is 17.7. The molecule has 4 amide bonds. The number of aliphatic carboxylic acids is 1. The summed E-state index contributed by atoms with van der Waals surface area (Å²) in [6.45, 7) is 4.05. The Bertz CT molecular complexity index is 969. The number of carbonyl (C=O) groups excluding carboxylic acids is 4. The number of nitrogens with zero attached hydrogens (tertiary/aromatic N) is 3. The van der Waals surface area contributed by atoms with Gasteiger partial charge in [0.15, 0.2) is 0 Å². The maximum Gasteiger partial charge on any atom is 0.303 e. The van der Waals surface area contributed by atoms with E-state index in [2.05, 4.69) is 15.1 Å². The van der Waals surface area contributed by atoms with Gasteiger partial charge in [-0.2, -0.15) is 0 Å². The van der Waals surface area contributed by atoms with Crippen LogP contribution in [0.4, 0.5) is 5.69 Å². The smallest absolute Gasteiger partial charge is 0.303 e. The molecule has 3 aliphatic rings. The molecule has 1 aromatic rings. The lowest BCUT2D eigenvalue weighted by Crippen LogP contribution is -2.54. The second-order valence-corrected chi connectivity index (χ2v) is 8.36. The molecule has 170 valence electrons. The van der Waals surface area contributed by atoms with E-state index in [9.17, 15) is 24.0 Å². The van der Waals surface area contributed by atoms with Gasteiger partial charge in [-0.15, -0.1) is 0 Å². The largest absolute Gasteiger partial charge is 0.481 e. The van der Waals surface area contributed by atoms with Crippen LogP contribution in [0.5, 0.6) is 0 Å². The SMILES string of the molecule is O=C(O)CCCCN1CCN(c2ccc3c(c2)C(=O)N(C2CCC(=O)NC2=O)C3=O)CC1. The number of nitrogens with one attached hydrogen (secondary N) is 1. The fourth-order valence-corrected chi connectivity index (χ4v) is 4.50. The van der Waals surface area contributed by atoms with Gasteiger partial charge in [0, 0.05) is 44.7 Å². The Morgan fingerprint density at radius 3 is 2.41 bits per heavy atom. The number of anilines is 1. The number of carbonyl (C=O) groups is 5. The zero-order chi connectivity index (χ0) is 22.8. The third-order valence-electron chi connectivity index (χ3n) is 6.28. The molecule has 0 radical (unpaired) electrons. The molecule has 0 spiro atoms. The van der Waals surface area contributed by atoms with Gasteiger partial charge in [0.25, 0.3) is 11.8 Å². The van der Waals surface area contributed by atoms with Crippen molar-refractivity contribution in [3.8, 4) is 0 Å². The van der Waals surface area contributed by atoms with Crippen LogP contribution in [0.15, 0.2) is 18.2 Å². The van der Waals surface area contributed by atoms with Crippen molar-refractivity contribution in [3.63, 3.8) is 0 Å². The number of benzene rings is 1. The van der Waals surface area contributed by atoms with Crippen LogP contribution >= 0.6 is 0 Å². The third kappa shape index (κ3) is 4.36. The van der Waals surface area contributed by atoms with Gasteiger partial charge in [0.2, 0.25) is 11.8 Å². The molecule has 32 heavy (non-hydrogen) atoms. The maximum absolute atomic E-state index is 13.0. The van der Waals surface area contributed by atoms with Crippen molar-refractivity contribution in [1.82, 2.24) is 15.1 Å². The Labute approximate surface area is 185 Å². The van der Waals surface area contributed by atoms with E-state index in [1.54, 1.807) is 12.1 Å². The van der Waals surface area contributed by atoms with Crippen LogP contribution in [0.3, 0.4) is 0 Å². The molecule has 1 aromatic carbocycles. The van der Waals surface area contributed by atoms with Gasteiger partial charge >= 0.3 is 5.97 Å². The van der Waals surface area contributed by atoms with Crippen LogP contribution in [0.2, 0.25) is 0 Å². The van der Waals surface area contributed by atoms with E-state index >= 15 is 0 Å². The minimum atomic E-state index is -0.965. The number of hydrogen-bond donors (Lipinski definition) is 2. The number of imide groups is 2. The molecular formula is C22H26N4O6. The van der Waals surface area contributed by atoms with E-state index in [1.807, 2.05) is 6.07 Å². The number of fused-ring (bicyclic) bond motifs is 1. The minimum Gasteiger partial charge on any atom is -0.481 e. The molecule has 2 N–H and O–H groups in total. The van der Waals surface area contributed by atoms with Gasteiger partial charge in [-0.25, -0.2) is 0 Å². The lowest BCUT2D eigenvalue weighted by molar-refractivity contribution is -0.138. The van der Waals surface area contributed by atoms with Crippen LogP contribution in [-0.2, 0) is 14.4 Å². The number of amides is 4. The fourth-order valence-electron chi connectivity index (χ4n) is 4.50. The van der Waals surface area contributed by atoms with Crippen LogP contribution in [0.25, 0.3) is 0 Å². The highest BCUT2D eigenvalue weighted by atomic mass is 16.4. The summed E-state index contributed by atoms with van der Waals surface area (Å²) in [6, 6.07) is 4.20. The van der Waals surface area contributed by atoms with Gasteiger partial charge in [0.1, 0.15) is 6.04 Å². The summed E-state index contributed by atoms with van der Waals surface area (Å²) in [5.41, 5.74) is 1.41. The van der Waals surface area contributed by atoms with Gasteiger partial charge < -0.3 is 10.0 Å². The van der Waals surface area contributed by atoms with Crippen molar-refractivity contribution in [2.45, 2.75) is 38.1 Å². The Hall–Kier alpha value is -3.27. The monoisotopic (exact) mass is 442 g/mol. The van der Waals surface area contributed by atoms with Crippen molar-refractivity contribution in [3.05, 3.63) is 29.3 Å². The molecular weight excluding hydrogens is 416 g/mol. The van der Waals surface area contributed by atoms with Crippen LogP contribution in [0, 0.1) is 0 Å². The number of unbranched alkanes of at least 4 members (excludes halogenated alkanes) is 1. The first-order chi connectivity index (χ1) is 15.3. The number of carboxylic acids is 1. The summed E-state index contributed by atoms with van der Waals surface area (Å²) in [5, 5.41) is 10.9. The lowest BCUT2D eigenvalue weighted by Gasteiger charge is -2.36. The summed E-state index contributed by atoms with van der Waals surface area (Å²) in [6.07, 6.45) is 1.93. The lowest BCUT2D eigenvalue weighted by atomic mass is 10.0. The van der Waals surface area contributed by atoms with Gasteiger partial charge in [-0.3, -0.25) is 39.1 Å². The van der Waals surface area contributed by atoms with E-state index in [1.165, 1.54) is 0 Å². The predicted octanol–water partition coefficient (Wildman–Crippen LogP) is 0.465. The fraction of sp³-hybridized carbons (Fsp3) is 0.500. The average molecular weight is 442 g/mol. The molecule has 0 aliphatic carbocycles. The number of piperidine rings is 1. The van der Waals surface area contributed by atoms with E-state index < -0.39 is 35.6 Å². The zero-order valence-electron chi connectivity index (χ0n) is 17.7. The molecule has 0 saturated carbocycles. The van der Waals surface area contributed by atoms with Crippen molar-refractivity contribution < 1.29 is 29.1 Å². The second kappa shape index (κ2) is 9.07. The number of rotatable bonds is 7. The van der Waals surface area contributed by atoms with Gasteiger partial charge in [-0.05, 0) is 44.0 Å². The minimum absolute atomic E-state index is 0.0929. The molecule has 2 fully saturated rings. The van der Waals surface area contributed by atoms with Crippen molar-refractivity contribution in [2.75, 3.05) is 37.6 Å². The molecule has 3 aliphatic heterocycles. The summed E-state index contributed by atoms with van der Waals surface area (Å²) < 4.78 is 0. The second-order valence-electron chi connectivity index (χ2n) is 8.36. The maximum atomic E-state index is 13.0. The predicted molar refractivity (Wildman–Crippen MR) is 113 cm³/mol. The molecule has 1 atom stereocenters. The topological polar surface area (TPSA) is 127 Å². The van der Waals surface area contributed by atoms with Crippen LogP contribution in [-0.4, -0.2) is 83.3 Å². The average Bonchev–Trinajstić information content (AvgIpc) is 3.01. The molecule has 2 saturated heterocycles. The first kappa shape index (κ1) is 21.9. The third-order valence-corrected chi connectivity index (χ3v) is 6.28. The summed E-state index contributed by atoms with van der Waals surface area (Å²) in [4.78, 5) is 65.4. The molecule has 10 heteroatoms. The molecule has 1 unspecified atom stereocenters.